The monoisotopic (exact) mass is 636 g/mol. The minimum atomic E-state index is -4.58. The van der Waals surface area contributed by atoms with Crippen molar-refractivity contribution in [2.75, 3.05) is 28.9 Å². The van der Waals surface area contributed by atoms with E-state index in [1.807, 2.05) is 4.72 Å². The quantitative estimate of drug-likeness (QED) is 0.186. The number of fused-ring (bicyclic) bond motifs is 1. The van der Waals surface area contributed by atoms with E-state index in [2.05, 4.69) is 25.6 Å². The molecular weight excluding hydrogens is 605 g/mol. The van der Waals surface area contributed by atoms with Crippen molar-refractivity contribution < 1.29 is 26.3 Å². The largest absolute Gasteiger partial charge is 0.437 e. The predicted molar refractivity (Wildman–Crippen MR) is 163 cm³/mol. The van der Waals surface area contributed by atoms with E-state index in [1.165, 1.54) is 19.1 Å². The average Bonchev–Trinajstić information content (AvgIpc) is 2.96. The smallest absolute Gasteiger partial charge is 0.263 e. The van der Waals surface area contributed by atoms with Gasteiger partial charge in [-0.15, -0.1) is 12.4 Å². The topological polar surface area (TPSA) is 118 Å². The molecule has 1 fully saturated rings. The van der Waals surface area contributed by atoms with E-state index in [-0.39, 0.29) is 29.7 Å². The van der Waals surface area contributed by atoms with Gasteiger partial charge in [-0.25, -0.2) is 36.5 Å². The van der Waals surface area contributed by atoms with Crippen molar-refractivity contribution in [3.8, 4) is 22.9 Å². The molecule has 14 heteroatoms. The Balaban J connectivity index is 0.00000423. The SMILES string of the molecule is CCC(F)(F)CS(=O)(=O)Nc1c(F)ccc2c(Oc3ncccc3-c3ccnc(N[C@H]4CCCNC4)n3)c(C)ccc12.Cl. The molecule has 2 aromatic heterocycles. The summed E-state index contributed by atoms with van der Waals surface area (Å²) in [7, 11) is -4.58. The summed E-state index contributed by atoms with van der Waals surface area (Å²) in [5.41, 5.74) is 1.36. The lowest BCUT2D eigenvalue weighted by Gasteiger charge is -2.23. The maximum atomic E-state index is 14.9. The molecule has 4 aromatic rings. The van der Waals surface area contributed by atoms with Gasteiger partial charge in [0.25, 0.3) is 5.92 Å². The summed E-state index contributed by atoms with van der Waals surface area (Å²) >= 11 is 0. The number of aromatic nitrogens is 3. The molecule has 43 heavy (non-hydrogen) atoms. The van der Waals surface area contributed by atoms with Gasteiger partial charge < -0.3 is 15.4 Å². The number of benzene rings is 2. The maximum Gasteiger partial charge on any atom is 0.263 e. The zero-order chi connectivity index (χ0) is 29.9. The third kappa shape index (κ3) is 7.64. The fourth-order valence-electron chi connectivity index (χ4n) is 4.77. The molecule has 0 amide bonds. The molecule has 2 aromatic carbocycles. The van der Waals surface area contributed by atoms with E-state index in [0.717, 1.165) is 32.0 Å². The van der Waals surface area contributed by atoms with Gasteiger partial charge in [-0.3, -0.25) is 4.72 Å². The van der Waals surface area contributed by atoms with E-state index in [1.54, 1.807) is 43.6 Å². The minimum Gasteiger partial charge on any atom is -0.437 e. The lowest BCUT2D eigenvalue weighted by atomic mass is 10.0. The third-order valence-electron chi connectivity index (χ3n) is 7.00. The number of pyridine rings is 1. The Morgan fingerprint density at radius 1 is 1.09 bits per heavy atom. The van der Waals surface area contributed by atoms with Crippen molar-refractivity contribution in [1.29, 1.82) is 0 Å². The number of halogens is 4. The number of aryl methyl sites for hydroxylation is 1. The second-order valence-electron chi connectivity index (χ2n) is 10.2. The molecule has 1 atom stereocenters. The summed E-state index contributed by atoms with van der Waals surface area (Å²) in [6.07, 6.45) is 4.59. The van der Waals surface area contributed by atoms with Crippen LogP contribution in [0, 0.1) is 12.7 Å². The van der Waals surface area contributed by atoms with Gasteiger partial charge in [0.15, 0.2) is 0 Å². The first-order valence-electron chi connectivity index (χ1n) is 13.6. The van der Waals surface area contributed by atoms with Gasteiger partial charge in [0, 0.05) is 42.2 Å². The molecule has 0 radical (unpaired) electrons. The second-order valence-corrected chi connectivity index (χ2v) is 11.9. The zero-order valence-corrected chi connectivity index (χ0v) is 25.2. The van der Waals surface area contributed by atoms with Crippen LogP contribution >= 0.6 is 12.4 Å². The molecule has 0 unspecified atom stereocenters. The van der Waals surface area contributed by atoms with Crippen molar-refractivity contribution in [3.63, 3.8) is 0 Å². The summed E-state index contributed by atoms with van der Waals surface area (Å²) in [5, 5.41) is 7.21. The summed E-state index contributed by atoms with van der Waals surface area (Å²) < 4.78 is 76.1. The lowest BCUT2D eigenvalue weighted by Crippen LogP contribution is -2.38. The Bertz CT molecular complexity index is 1700. The first kappa shape index (κ1) is 32.2. The molecule has 0 aliphatic carbocycles. The molecule has 3 heterocycles. The minimum absolute atomic E-state index is 0. The van der Waals surface area contributed by atoms with Gasteiger partial charge in [0.2, 0.25) is 21.9 Å². The number of alkyl halides is 2. The zero-order valence-electron chi connectivity index (χ0n) is 23.5. The van der Waals surface area contributed by atoms with E-state index in [4.69, 9.17) is 4.74 Å². The number of hydrogen-bond donors (Lipinski definition) is 3. The van der Waals surface area contributed by atoms with Gasteiger partial charge in [0.05, 0.1) is 16.9 Å². The number of hydrogen-bond acceptors (Lipinski definition) is 8. The Kier molecular flexibility index (Phi) is 9.98. The maximum absolute atomic E-state index is 14.9. The van der Waals surface area contributed by atoms with Gasteiger partial charge in [-0.1, -0.05) is 19.1 Å². The summed E-state index contributed by atoms with van der Waals surface area (Å²) in [6.45, 7) is 4.75. The fraction of sp³-hybridized carbons (Fsp3) is 0.345. The third-order valence-corrected chi connectivity index (χ3v) is 8.32. The molecule has 0 saturated carbocycles. The fourth-order valence-corrected chi connectivity index (χ4v) is 6.12. The van der Waals surface area contributed by atoms with Crippen LogP contribution in [-0.4, -0.2) is 54.2 Å². The van der Waals surface area contributed by atoms with Crippen LogP contribution in [0.5, 0.6) is 11.6 Å². The van der Waals surface area contributed by atoms with Crippen molar-refractivity contribution in [1.82, 2.24) is 20.3 Å². The molecule has 1 saturated heterocycles. The molecule has 9 nitrogen and oxygen atoms in total. The first-order chi connectivity index (χ1) is 20.0. The highest BCUT2D eigenvalue weighted by atomic mass is 35.5. The molecule has 230 valence electrons. The highest BCUT2D eigenvalue weighted by Crippen LogP contribution is 2.40. The second kappa shape index (κ2) is 13.3. The van der Waals surface area contributed by atoms with E-state index in [9.17, 15) is 21.6 Å². The normalized spacial score (nSPS) is 15.5. The molecule has 5 rings (SSSR count). The average molecular weight is 637 g/mol. The Hall–Kier alpha value is -3.68. The number of nitrogens with zero attached hydrogens (tertiary/aromatic N) is 3. The summed E-state index contributed by atoms with van der Waals surface area (Å²) in [4.78, 5) is 13.4. The predicted octanol–water partition coefficient (Wildman–Crippen LogP) is 6.30. The number of sulfonamides is 1. The van der Waals surface area contributed by atoms with Crippen LogP contribution < -0.4 is 20.1 Å². The van der Waals surface area contributed by atoms with Crippen molar-refractivity contribution in [3.05, 3.63) is 66.2 Å². The molecule has 1 aliphatic heterocycles. The van der Waals surface area contributed by atoms with Crippen LogP contribution in [0.4, 0.5) is 24.8 Å². The van der Waals surface area contributed by atoms with Gasteiger partial charge in [0.1, 0.15) is 17.3 Å². The van der Waals surface area contributed by atoms with Crippen LogP contribution in [0.25, 0.3) is 22.0 Å². The van der Waals surface area contributed by atoms with Crippen molar-refractivity contribution in [2.24, 2.45) is 0 Å². The van der Waals surface area contributed by atoms with Gasteiger partial charge >= 0.3 is 0 Å². The van der Waals surface area contributed by atoms with Crippen LogP contribution in [0.1, 0.15) is 31.7 Å². The number of rotatable bonds is 10. The molecule has 1 aliphatic rings. The van der Waals surface area contributed by atoms with Crippen molar-refractivity contribution >= 4 is 44.8 Å². The number of anilines is 2. The van der Waals surface area contributed by atoms with Gasteiger partial charge in [-0.05, 0) is 62.2 Å². The summed E-state index contributed by atoms with van der Waals surface area (Å²) in [6, 6.07) is 11.1. The van der Waals surface area contributed by atoms with E-state index in [0.29, 0.717) is 33.9 Å². The molecule has 0 bridgehead atoms. The Morgan fingerprint density at radius 2 is 1.88 bits per heavy atom. The highest BCUT2D eigenvalue weighted by molar-refractivity contribution is 7.92. The molecule has 3 N–H and O–H groups in total. The standard InChI is InChI=1S/C29H31F3N6O3S.ClH/c1-3-29(31,32)17-42(39,40)38-25-20-9-8-18(2)26(21(20)10-11-23(25)30)41-27-22(7-5-14-34-27)24-12-15-35-28(37-24)36-19-6-4-13-33-16-19;/h5,7-12,14-15,19,33,38H,3-4,6,13,16-17H2,1-2H3,(H,35,36,37);1H/t19-;/m0./s1. The van der Waals surface area contributed by atoms with Crippen LogP contribution in [0.3, 0.4) is 0 Å². The number of piperidine rings is 1. The van der Waals surface area contributed by atoms with E-state index >= 15 is 0 Å². The van der Waals surface area contributed by atoms with Crippen LogP contribution in [-0.2, 0) is 10.0 Å². The van der Waals surface area contributed by atoms with E-state index < -0.39 is 39.6 Å². The lowest BCUT2D eigenvalue weighted by molar-refractivity contribution is 0.0219. The Labute approximate surface area is 254 Å². The molecular formula is C29H32ClF3N6O3S. The highest BCUT2D eigenvalue weighted by Gasteiger charge is 2.34. The molecule has 0 spiro atoms. The number of ether oxygens (including phenoxy) is 1. The van der Waals surface area contributed by atoms with Crippen LogP contribution in [0.2, 0.25) is 0 Å². The summed E-state index contributed by atoms with van der Waals surface area (Å²) in [5.74, 6) is -4.85. The van der Waals surface area contributed by atoms with Crippen LogP contribution in [0.15, 0.2) is 54.9 Å². The van der Waals surface area contributed by atoms with Gasteiger partial charge in [-0.2, -0.15) is 0 Å². The Morgan fingerprint density at radius 3 is 2.63 bits per heavy atom. The number of nitrogens with one attached hydrogen (secondary N) is 3. The van der Waals surface area contributed by atoms with Crippen molar-refractivity contribution in [2.45, 2.75) is 45.1 Å². The first-order valence-corrected chi connectivity index (χ1v) is 15.2.